The summed E-state index contributed by atoms with van der Waals surface area (Å²) in [5.74, 6) is 2.00. The predicted molar refractivity (Wildman–Crippen MR) is 108 cm³/mol. The molecule has 152 valence electrons. The number of benzene rings is 1. The number of nitrogens with one attached hydrogen (secondary N) is 1. The van der Waals surface area contributed by atoms with Crippen molar-refractivity contribution in [1.82, 2.24) is 9.80 Å². The van der Waals surface area contributed by atoms with Crippen LogP contribution < -0.4 is 14.8 Å². The summed E-state index contributed by atoms with van der Waals surface area (Å²) in [6, 6.07) is 6.29. The average molecular weight is 386 g/mol. The van der Waals surface area contributed by atoms with Crippen molar-refractivity contribution >= 4 is 11.6 Å². The van der Waals surface area contributed by atoms with Crippen LogP contribution in [0.1, 0.15) is 51.4 Å². The van der Waals surface area contributed by atoms with Crippen LogP contribution in [0.4, 0.5) is 5.69 Å². The van der Waals surface area contributed by atoms with Crippen LogP contribution in [0.2, 0.25) is 0 Å². The van der Waals surface area contributed by atoms with Crippen molar-refractivity contribution < 1.29 is 14.3 Å². The van der Waals surface area contributed by atoms with Gasteiger partial charge >= 0.3 is 0 Å². The third kappa shape index (κ3) is 3.21. The minimum Gasteiger partial charge on any atom is -0.454 e. The van der Waals surface area contributed by atoms with Gasteiger partial charge in [-0.1, -0.05) is 12.8 Å². The topological polar surface area (TPSA) is 54.0 Å². The van der Waals surface area contributed by atoms with E-state index in [1.165, 1.54) is 25.7 Å². The van der Waals surface area contributed by atoms with Crippen LogP contribution in [0.15, 0.2) is 18.2 Å². The largest absolute Gasteiger partial charge is 0.454 e. The number of amides is 1. The molecule has 3 aliphatic heterocycles. The summed E-state index contributed by atoms with van der Waals surface area (Å²) < 4.78 is 10.9. The molecule has 1 aromatic rings. The number of carbonyl (C=O) groups is 1. The Hall–Kier alpha value is -1.95. The van der Waals surface area contributed by atoms with E-state index in [9.17, 15) is 4.79 Å². The van der Waals surface area contributed by atoms with Gasteiger partial charge in [-0.05, 0) is 63.7 Å². The highest BCUT2D eigenvalue weighted by Gasteiger charge is 2.49. The molecule has 0 spiro atoms. The fourth-order valence-electron chi connectivity index (χ4n) is 5.57. The van der Waals surface area contributed by atoms with E-state index in [-0.39, 0.29) is 11.6 Å². The van der Waals surface area contributed by atoms with Gasteiger partial charge in [0.25, 0.3) is 0 Å². The monoisotopic (exact) mass is 385 g/mol. The van der Waals surface area contributed by atoms with Gasteiger partial charge < -0.3 is 19.7 Å². The highest BCUT2D eigenvalue weighted by Crippen LogP contribution is 2.40. The molecule has 1 aliphatic carbocycles. The van der Waals surface area contributed by atoms with Gasteiger partial charge in [-0.25, -0.2) is 0 Å². The second kappa shape index (κ2) is 7.47. The Morgan fingerprint density at radius 2 is 1.79 bits per heavy atom. The van der Waals surface area contributed by atoms with Crippen LogP contribution in [0.3, 0.4) is 0 Å². The number of rotatable bonds is 4. The number of fused-ring (bicyclic) bond motifs is 1. The summed E-state index contributed by atoms with van der Waals surface area (Å²) in [7, 11) is 0. The third-order valence-electron chi connectivity index (χ3n) is 6.99. The highest BCUT2D eigenvalue weighted by atomic mass is 16.7. The molecule has 6 nitrogen and oxygen atoms in total. The Kier molecular flexibility index (Phi) is 4.83. The maximum Gasteiger partial charge on any atom is 0.243 e. The molecule has 0 radical (unpaired) electrons. The van der Waals surface area contributed by atoms with Gasteiger partial charge in [0.15, 0.2) is 11.5 Å². The first-order valence-corrected chi connectivity index (χ1v) is 11.0. The average Bonchev–Trinajstić information content (AvgIpc) is 3.48. The number of ether oxygens (including phenoxy) is 2. The van der Waals surface area contributed by atoms with Crippen molar-refractivity contribution in [2.45, 2.75) is 62.9 Å². The molecule has 6 heteroatoms. The molecule has 3 heterocycles. The fraction of sp³-hybridized carbons (Fsp3) is 0.682. The van der Waals surface area contributed by atoms with Crippen molar-refractivity contribution in [1.29, 1.82) is 0 Å². The van der Waals surface area contributed by atoms with Crippen LogP contribution in [0, 0.1) is 0 Å². The molecule has 0 aromatic heterocycles. The smallest absolute Gasteiger partial charge is 0.243 e. The second-order valence-corrected chi connectivity index (χ2v) is 8.74. The molecule has 0 bridgehead atoms. The van der Waals surface area contributed by atoms with Crippen molar-refractivity contribution in [2.75, 3.05) is 38.3 Å². The Balaban J connectivity index is 1.27. The van der Waals surface area contributed by atoms with Gasteiger partial charge in [-0.15, -0.1) is 0 Å². The van der Waals surface area contributed by atoms with Gasteiger partial charge in [0, 0.05) is 30.9 Å². The van der Waals surface area contributed by atoms with E-state index in [1.54, 1.807) is 0 Å². The van der Waals surface area contributed by atoms with E-state index in [2.05, 4.69) is 15.1 Å². The zero-order valence-corrected chi connectivity index (χ0v) is 16.6. The van der Waals surface area contributed by atoms with Gasteiger partial charge in [0.05, 0.1) is 0 Å². The second-order valence-electron chi connectivity index (χ2n) is 8.74. The number of carbonyl (C=O) groups excluding carboxylic acids is 1. The van der Waals surface area contributed by atoms with E-state index in [0.29, 0.717) is 12.7 Å². The molecule has 4 aliphatic rings. The Bertz CT molecular complexity index is 726. The lowest BCUT2D eigenvalue weighted by molar-refractivity contribution is -0.145. The SMILES string of the molecule is O=C(N1CCCC(Nc2ccc3c(c2)OCO3)C1)C1(N2CCCC2)CCCC1. The van der Waals surface area contributed by atoms with E-state index in [0.717, 1.165) is 69.0 Å². The lowest BCUT2D eigenvalue weighted by atomic mass is 9.91. The Labute approximate surface area is 167 Å². The molecule has 3 fully saturated rings. The summed E-state index contributed by atoms with van der Waals surface area (Å²) in [6.45, 7) is 4.18. The minimum absolute atomic E-state index is 0.211. The van der Waals surface area contributed by atoms with Crippen LogP contribution in [0.5, 0.6) is 11.5 Å². The normalized spacial score (nSPS) is 26.6. The van der Waals surface area contributed by atoms with E-state index >= 15 is 0 Å². The van der Waals surface area contributed by atoms with Crippen molar-refractivity contribution in [3.05, 3.63) is 18.2 Å². The summed E-state index contributed by atoms with van der Waals surface area (Å²) in [6.07, 6.45) is 9.10. The molecular formula is C22H31N3O3. The van der Waals surface area contributed by atoms with E-state index in [1.807, 2.05) is 18.2 Å². The highest BCUT2D eigenvalue weighted by molar-refractivity contribution is 5.87. The summed E-state index contributed by atoms with van der Waals surface area (Å²) >= 11 is 0. The van der Waals surface area contributed by atoms with Crippen molar-refractivity contribution in [2.24, 2.45) is 0 Å². The van der Waals surface area contributed by atoms with Crippen molar-refractivity contribution in [3.63, 3.8) is 0 Å². The molecule has 28 heavy (non-hydrogen) atoms. The van der Waals surface area contributed by atoms with E-state index < -0.39 is 0 Å². The summed E-state index contributed by atoms with van der Waals surface area (Å²) in [5.41, 5.74) is 0.829. The molecule has 1 N–H and O–H groups in total. The number of anilines is 1. The fourth-order valence-corrected chi connectivity index (χ4v) is 5.57. The quantitative estimate of drug-likeness (QED) is 0.862. The van der Waals surface area contributed by atoms with Crippen LogP contribution in [-0.2, 0) is 4.79 Å². The first-order chi connectivity index (χ1) is 13.7. The lowest BCUT2D eigenvalue weighted by Gasteiger charge is -2.43. The van der Waals surface area contributed by atoms with E-state index in [4.69, 9.17) is 9.47 Å². The maximum absolute atomic E-state index is 13.7. The van der Waals surface area contributed by atoms with Gasteiger partial charge in [0.2, 0.25) is 12.7 Å². The predicted octanol–water partition coefficient (Wildman–Crippen LogP) is 3.23. The molecule has 1 unspecified atom stereocenters. The summed E-state index contributed by atoms with van der Waals surface area (Å²) in [4.78, 5) is 18.3. The maximum atomic E-state index is 13.7. The first kappa shape index (κ1) is 18.1. The third-order valence-corrected chi connectivity index (χ3v) is 6.99. The molecule has 1 atom stereocenters. The molecular weight excluding hydrogens is 354 g/mol. The summed E-state index contributed by atoms with van der Waals surface area (Å²) in [5, 5.41) is 3.63. The molecule has 2 saturated heterocycles. The lowest BCUT2D eigenvalue weighted by Crippen LogP contribution is -2.59. The number of nitrogens with zero attached hydrogens (tertiary/aromatic N) is 2. The number of hydrogen-bond acceptors (Lipinski definition) is 5. The number of likely N-dealkylation sites (tertiary alicyclic amines) is 2. The number of piperidine rings is 1. The zero-order chi connectivity index (χ0) is 19.0. The Morgan fingerprint density at radius 3 is 2.61 bits per heavy atom. The van der Waals surface area contributed by atoms with Crippen LogP contribution in [-0.4, -0.2) is 60.3 Å². The molecule has 1 amide bonds. The van der Waals surface area contributed by atoms with Gasteiger partial charge in [-0.3, -0.25) is 9.69 Å². The molecule has 1 aromatic carbocycles. The minimum atomic E-state index is -0.211. The standard InChI is InChI=1S/C22H31N3O3/c26-21(22(9-1-2-10-22)25-12-3-4-13-25)24-11-5-6-18(15-24)23-17-7-8-19-20(14-17)28-16-27-19/h7-8,14,18,23H,1-6,9-13,15-16H2. The zero-order valence-electron chi connectivity index (χ0n) is 16.6. The van der Waals surface area contributed by atoms with Crippen molar-refractivity contribution in [3.8, 4) is 11.5 Å². The van der Waals surface area contributed by atoms with Crippen LogP contribution in [0.25, 0.3) is 0 Å². The van der Waals surface area contributed by atoms with Gasteiger partial charge in [-0.2, -0.15) is 0 Å². The Morgan fingerprint density at radius 1 is 1.00 bits per heavy atom. The molecule has 1 saturated carbocycles. The first-order valence-electron chi connectivity index (χ1n) is 11.0. The van der Waals surface area contributed by atoms with Gasteiger partial charge in [0.1, 0.15) is 5.54 Å². The van der Waals surface area contributed by atoms with Crippen LogP contribution >= 0.6 is 0 Å². The molecule has 5 rings (SSSR count). The number of hydrogen-bond donors (Lipinski definition) is 1.